The van der Waals surface area contributed by atoms with E-state index in [9.17, 15) is 4.79 Å². The van der Waals surface area contributed by atoms with Crippen molar-refractivity contribution >= 4 is 12.1 Å². The minimum absolute atomic E-state index is 0.359. The molecule has 0 aliphatic heterocycles. The molecule has 7 heteroatoms. The number of amides is 1. The maximum absolute atomic E-state index is 12.5. The van der Waals surface area contributed by atoms with E-state index in [1.54, 1.807) is 31.5 Å². The summed E-state index contributed by atoms with van der Waals surface area (Å²) >= 11 is 0. The number of carbonyl (C=O) groups excluding carboxylic acids is 1. The number of nitrogens with one attached hydrogen (secondary N) is 1. The van der Waals surface area contributed by atoms with Gasteiger partial charge in [0, 0.05) is 5.56 Å². The van der Waals surface area contributed by atoms with Crippen molar-refractivity contribution in [3.8, 4) is 23.0 Å². The van der Waals surface area contributed by atoms with E-state index in [0.29, 0.717) is 48.4 Å². The van der Waals surface area contributed by atoms with Crippen LogP contribution in [0.2, 0.25) is 0 Å². The van der Waals surface area contributed by atoms with E-state index in [4.69, 9.17) is 18.9 Å². The van der Waals surface area contributed by atoms with Gasteiger partial charge in [0.2, 0.25) is 0 Å². The number of nitrogens with zero attached hydrogens (tertiary/aromatic N) is 1. The summed E-state index contributed by atoms with van der Waals surface area (Å²) in [5.74, 6) is 1.96. The monoisotopic (exact) mass is 448 g/mol. The number of hydrogen-bond acceptors (Lipinski definition) is 6. The van der Waals surface area contributed by atoms with Crippen molar-refractivity contribution in [2.45, 2.75) is 20.5 Å². The van der Waals surface area contributed by atoms with Crippen LogP contribution < -0.4 is 24.4 Å². The minimum Gasteiger partial charge on any atom is -0.493 e. The van der Waals surface area contributed by atoms with Crippen molar-refractivity contribution in [3.63, 3.8) is 0 Å². The molecule has 0 bridgehead atoms. The van der Waals surface area contributed by atoms with E-state index in [1.165, 1.54) is 0 Å². The molecule has 1 N–H and O–H groups in total. The van der Waals surface area contributed by atoms with Crippen LogP contribution in [0.5, 0.6) is 23.0 Å². The van der Waals surface area contributed by atoms with E-state index in [0.717, 1.165) is 11.1 Å². The second-order valence-corrected chi connectivity index (χ2v) is 6.91. The van der Waals surface area contributed by atoms with E-state index < -0.39 is 0 Å². The second kappa shape index (κ2) is 12.1. The van der Waals surface area contributed by atoms with Gasteiger partial charge in [-0.05, 0) is 61.4 Å². The van der Waals surface area contributed by atoms with Crippen molar-refractivity contribution in [1.29, 1.82) is 0 Å². The summed E-state index contributed by atoms with van der Waals surface area (Å²) in [6.45, 7) is 5.18. The van der Waals surface area contributed by atoms with Crippen molar-refractivity contribution < 1.29 is 23.7 Å². The van der Waals surface area contributed by atoms with Gasteiger partial charge >= 0.3 is 0 Å². The maximum Gasteiger partial charge on any atom is 0.271 e. The van der Waals surface area contributed by atoms with Crippen LogP contribution in [0.4, 0.5) is 0 Å². The fourth-order valence-electron chi connectivity index (χ4n) is 3.04. The Bertz CT molecular complexity index is 1080. The van der Waals surface area contributed by atoms with Gasteiger partial charge in [-0.15, -0.1) is 0 Å². The molecule has 3 rings (SSSR count). The number of hydrogen-bond donors (Lipinski definition) is 1. The Balaban J connectivity index is 1.66. The molecule has 33 heavy (non-hydrogen) atoms. The lowest BCUT2D eigenvalue weighted by Crippen LogP contribution is -2.17. The zero-order chi connectivity index (χ0) is 23.5. The molecule has 0 saturated heterocycles. The van der Waals surface area contributed by atoms with Gasteiger partial charge in [0.05, 0.1) is 26.5 Å². The van der Waals surface area contributed by atoms with Gasteiger partial charge in [0.25, 0.3) is 5.91 Å². The van der Waals surface area contributed by atoms with E-state index in [1.807, 2.05) is 62.4 Å². The third-order valence-electron chi connectivity index (χ3n) is 4.61. The summed E-state index contributed by atoms with van der Waals surface area (Å²) < 4.78 is 22.4. The summed E-state index contributed by atoms with van der Waals surface area (Å²) in [4.78, 5) is 12.5. The highest BCUT2D eigenvalue weighted by molar-refractivity contribution is 5.95. The summed E-state index contributed by atoms with van der Waals surface area (Å²) in [5.41, 5.74) is 4.77. The lowest BCUT2D eigenvalue weighted by molar-refractivity contribution is 0.0954. The summed E-state index contributed by atoms with van der Waals surface area (Å²) in [5, 5.41) is 4.07. The van der Waals surface area contributed by atoms with Gasteiger partial charge < -0.3 is 18.9 Å². The molecule has 0 atom stereocenters. The Morgan fingerprint density at radius 1 is 0.848 bits per heavy atom. The number of rotatable bonds is 11. The minimum atomic E-state index is -0.359. The zero-order valence-corrected chi connectivity index (χ0v) is 19.0. The third kappa shape index (κ3) is 6.74. The highest BCUT2D eigenvalue weighted by Gasteiger charge is 2.11. The van der Waals surface area contributed by atoms with Crippen molar-refractivity contribution in [1.82, 2.24) is 5.43 Å². The summed E-state index contributed by atoms with van der Waals surface area (Å²) in [6, 6.07) is 20.4. The van der Waals surface area contributed by atoms with Crippen LogP contribution in [0.3, 0.4) is 0 Å². The highest BCUT2D eigenvalue weighted by atomic mass is 16.5. The average Bonchev–Trinajstić information content (AvgIpc) is 2.84. The number of hydrazone groups is 1. The van der Waals surface area contributed by atoms with Crippen LogP contribution in [0.15, 0.2) is 71.8 Å². The Morgan fingerprint density at radius 2 is 1.55 bits per heavy atom. The third-order valence-corrected chi connectivity index (χ3v) is 4.61. The molecule has 3 aromatic carbocycles. The standard InChI is InChI=1S/C26H28N2O5/c1-4-31-24-15-20(11-13-23(24)33-18-19-9-7-6-8-10-19)17-27-28-26(29)21-12-14-22(30-3)25(16-21)32-5-2/h6-17H,4-5,18H2,1-3H3,(H,28,29)/b27-17+. The summed E-state index contributed by atoms with van der Waals surface area (Å²) in [6.07, 6.45) is 1.55. The molecule has 0 aliphatic rings. The molecule has 0 spiro atoms. The first-order valence-electron chi connectivity index (χ1n) is 10.7. The van der Waals surface area contributed by atoms with Crippen LogP contribution in [0, 0.1) is 0 Å². The first-order chi connectivity index (χ1) is 16.1. The van der Waals surface area contributed by atoms with Gasteiger partial charge in [-0.3, -0.25) is 4.79 Å². The van der Waals surface area contributed by atoms with Gasteiger partial charge in [0.1, 0.15) is 6.61 Å². The lowest BCUT2D eigenvalue weighted by Gasteiger charge is -2.12. The van der Waals surface area contributed by atoms with Crippen LogP contribution >= 0.6 is 0 Å². The number of carbonyl (C=O) groups is 1. The first-order valence-corrected chi connectivity index (χ1v) is 10.7. The molecule has 0 heterocycles. The predicted molar refractivity (Wildman–Crippen MR) is 128 cm³/mol. The Kier molecular flexibility index (Phi) is 8.71. The zero-order valence-electron chi connectivity index (χ0n) is 19.0. The fraction of sp³-hybridized carbons (Fsp3) is 0.231. The van der Waals surface area contributed by atoms with Crippen LogP contribution in [0.1, 0.15) is 35.3 Å². The largest absolute Gasteiger partial charge is 0.493 e. The molecule has 3 aromatic rings. The molecular weight excluding hydrogens is 420 g/mol. The lowest BCUT2D eigenvalue weighted by atomic mass is 10.2. The highest BCUT2D eigenvalue weighted by Crippen LogP contribution is 2.29. The quantitative estimate of drug-likeness (QED) is 0.336. The first kappa shape index (κ1) is 23.7. The molecule has 172 valence electrons. The van der Waals surface area contributed by atoms with Gasteiger partial charge in [-0.2, -0.15) is 5.10 Å². The Morgan fingerprint density at radius 3 is 2.24 bits per heavy atom. The molecule has 7 nitrogen and oxygen atoms in total. The molecule has 0 unspecified atom stereocenters. The van der Waals surface area contributed by atoms with Gasteiger partial charge in [-0.25, -0.2) is 5.43 Å². The van der Waals surface area contributed by atoms with E-state index in [-0.39, 0.29) is 5.91 Å². The molecular formula is C26H28N2O5. The maximum atomic E-state index is 12.5. The molecule has 0 fully saturated rings. The van der Waals surface area contributed by atoms with Crippen LogP contribution in [-0.2, 0) is 6.61 Å². The average molecular weight is 449 g/mol. The SMILES string of the molecule is CCOc1cc(C(=O)N/N=C/c2ccc(OCc3ccccc3)c(OCC)c2)ccc1OC. The Hall–Kier alpha value is -4.00. The molecule has 1 amide bonds. The second-order valence-electron chi connectivity index (χ2n) is 6.91. The van der Waals surface area contributed by atoms with E-state index >= 15 is 0 Å². The topological polar surface area (TPSA) is 78.4 Å². The normalized spacial score (nSPS) is 10.6. The molecule has 0 saturated carbocycles. The Labute approximate surface area is 193 Å². The van der Waals surface area contributed by atoms with Crippen LogP contribution in [0.25, 0.3) is 0 Å². The summed E-state index contributed by atoms with van der Waals surface area (Å²) in [7, 11) is 1.55. The fourth-order valence-corrected chi connectivity index (χ4v) is 3.04. The molecule has 0 aromatic heterocycles. The molecule has 0 radical (unpaired) electrons. The van der Waals surface area contributed by atoms with Crippen LogP contribution in [-0.4, -0.2) is 32.4 Å². The van der Waals surface area contributed by atoms with Crippen molar-refractivity contribution in [2.24, 2.45) is 5.10 Å². The van der Waals surface area contributed by atoms with Gasteiger partial charge in [-0.1, -0.05) is 30.3 Å². The molecule has 0 aliphatic carbocycles. The van der Waals surface area contributed by atoms with Crippen molar-refractivity contribution in [2.75, 3.05) is 20.3 Å². The number of benzene rings is 3. The number of methoxy groups -OCH3 is 1. The van der Waals surface area contributed by atoms with E-state index in [2.05, 4.69) is 10.5 Å². The van der Waals surface area contributed by atoms with Crippen molar-refractivity contribution in [3.05, 3.63) is 83.4 Å². The predicted octanol–water partition coefficient (Wildman–Crippen LogP) is 4.84. The smallest absolute Gasteiger partial charge is 0.271 e. The number of ether oxygens (including phenoxy) is 4. The van der Waals surface area contributed by atoms with Gasteiger partial charge in [0.15, 0.2) is 23.0 Å².